The van der Waals surface area contributed by atoms with Gasteiger partial charge in [0.15, 0.2) is 0 Å². The molecule has 7 heteroatoms. The first-order valence-corrected chi connectivity index (χ1v) is 8.67. The molecule has 0 spiro atoms. The van der Waals surface area contributed by atoms with E-state index in [2.05, 4.69) is 4.98 Å². The molecule has 0 aliphatic rings. The molecular formula is C14H15N3O2S2. The Kier molecular flexibility index (Phi) is 4.73. The Hall–Kier alpha value is -1.75. The molecule has 0 amide bonds. The lowest BCUT2D eigenvalue weighted by molar-refractivity contribution is 0.350. The minimum atomic E-state index is -3.63. The molecule has 0 N–H and O–H groups in total. The maximum absolute atomic E-state index is 12.7. The van der Waals surface area contributed by atoms with Crippen LogP contribution in [-0.4, -0.2) is 23.7 Å². The van der Waals surface area contributed by atoms with Crippen molar-refractivity contribution < 1.29 is 8.42 Å². The van der Waals surface area contributed by atoms with Gasteiger partial charge in [-0.25, -0.2) is 13.4 Å². The molecule has 0 aromatic carbocycles. The van der Waals surface area contributed by atoms with Gasteiger partial charge >= 0.3 is 0 Å². The Morgan fingerprint density at radius 1 is 1.38 bits per heavy atom. The molecule has 0 aliphatic heterocycles. The van der Waals surface area contributed by atoms with Crippen LogP contribution in [0.25, 0.3) is 0 Å². The second-order valence-corrected chi connectivity index (χ2v) is 7.64. The summed E-state index contributed by atoms with van der Waals surface area (Å²) in [5.41, 5.74) is 0.198. The van der Waals surface area contributed by atoms with Gasteiger partial charge in [-0.15, -0.1) is 11.3 Å². The molecule has 0 radical (unpaired) electrons. The molecule has 2 aromatic heterocycles. The molecule has 0 saturated carbocycles. The lowest BCUT2D eigenvalue weighted by atomic mass is 10.4. The zero-order valence-electron chi connectivity index (χ0n) is 11.7. The Labute approximate surface area is 128 Å². The normalized spacial score (nSPS) is 11.8. The van der Waals surface area contributed by atoms with E-state index in [-0.39, 0.29) is 16.6 Å². The van der Waals surface area contributed by atoms with Crippen LogP contribution in [0.15, 0.2) is 40.7 Å². The molecule has 0 aliphatic carbocycles. The Morgan fingerprint density at radius 2 is 2.14 bits per heavy atom. The van der Waals surface area contributed by atoms with E-state index < -0.39 is 10.0 Å². The summed E-state index contributed by atoms with van der Waals surface area (Å²) in [7, 11) is -3.63. The third-order valence-electron chi connectivity index (χ3n) is 2.93. The van der Waals surface area contributed by atoms with Gasteiger partial charge in [0.1, 0.15) is 16.7 Å². The smallest absolute Gasteiger partial charge is 0.244 e. The number of hydrogen-bond donors (Lipinski definition) is 0. The van der Waals surface area contributed by atoms with Crippen LogP contribution in [0.4, 0.5) is 0 Å². The highest BCUT2D eigenvalue weighted by molar-refractivity contribution is 7.89. The van der Waals surface area contributed by atoms with Crippen molar-refractivity contribution >= 4 is 21.4 Å². The van der Waals surface area contributed by atoms with Gasteiger partial charge in [-0.3, -0.25) is 0 Å². The minimum Gasteiger partial charge on any atom is -0.244 e. The standard InChI is InChI=1S/C14H15N3O2S2/c1-11(2)17(10-13-4-3-7-20-13)21(18,19)14-6-5-12(8-15)16-9-14/h3-7,9,11H,10H2,1-2H3. The van der Waals surface area contributed by atoms with Gasteiger partial charge in [-0.2, -0.15) is 9.57 Å². The van der Waals surface area contributed by atoms with E-state index in [1.165, 1.54) is 34.0 Å². The molecule has 0 fully saturated rings. The molecule has 5 nitrogen and oxygen atoms in total. The van der Waals surface area contributed by atoms with E-state index >= 15 is 0 Å². The van der Waals surface area contributed by atoms with Gasteiger partial charge in [0.25, 0.3) is 0 Å². The zero-order valence-corrected chi connectivity index (χ0v) is 13.4. The summed E-state index contributed by atoms with van der Waals surface area (Å²) in [5, 5.41) is 10.6. The van der Waals surface area contributed by atoms with E-state index in [1.54, 1.807) is 0 Å². The van der Waals surface area contributed by atoms with Crippen LogP contribution < -0.4 is 0 Å². The predicted molar refractivity (Wildman–Crippen MR) is 81.1 cm³/mol. The van der Waals surface area contributed by atoms with Crippen molar-refractivity contribution in [2.24, 2.45) is 0 Å². The SMILES string of the molecule is CC(C)N(Cc1cccs1)S(=O)(=O)c1ccc(C#N)nc1. The number of thiophene rings is 1. The fourth-order valence-corrected chi connectivity index (χ4v) is 4.18. The molecule has 110 valence electrons. The van der Waals surface area contributed by atoms with Gasteiger partial charge in [0.05, 0.1) is 0 Å². The van der Waals surface area contributed by atoms with Gasteiger partial charge in [-0.05, 0) is 37.4 Å². The summed E-state index contributed by atoms with van der Waals surface area (Å²) >= 11 is 1.52. The third kappa shape index (κ3) is 3.47. The lowest BCUT2D eigenvalue weighted by Crippen LogP contribution is -2.36. The van der Waals surface area contributed by atoms with Gasteiger partial charge in [0, 0.05) is 23.7 Å². The second-order valence-electron chi connectivity index (χ2n) is 4.71. The maximum atomic E-state index is 12.7. The summed E-state index contributed by atoms with van der Waals surface area (Å²) in [6.45, 7) is 4.00. The second kappa shape index (κ2) is 6.35. The highest BCUT2D eigenvalue weighted by atomic mass is 32.2. The first-order chi connectivity index (χ1) is 9.95. The van der Waals surface area contributed by atoms with Crippen molar-refractivity contribution in [2.75, 3.05) is 0 Å². The summed E-state index contributed by atoms with van der Waals surface area (Å²) in [4.78, 5) is 4.92. The van der Waals surface area contributed by atoms with Crippen molar-refractivity contribution in [2.45, 2.75) is 31.3 Å². The van der Waals surface area contributed by atoms with Gasteiger partial charge in [-0.1, -0.05) is 6.07 Å². The summed E-state index contributed by atoms with van der Waals surface area (Å²) in [6, 6.07) is 8.34. The Balaban J connectivity index is 2.35. The quantitative estimate of drug-likeness (QED) is 0.848. The molecule has 21 heavy (non-hydrogen) atoms. The van der Waals surface area contributed by atoms with E-state index in [1.807, 2.05) is 37.4 Å². The number of sulfonamides is 1. The summed E-state index contributed by atoms with van der Waals surface area (Å²) < 4.78 is 26.8. The fourth-order valence-electron chi connectivity index (χ4n) is 1.84. The number of hydrogen-bond acceptors (Lipinski definition) is 5. The number of pyridine rings is 1. The highest BCUT2D eigenvalue weighted by Crippen LogP contribution is 2.22. The highest BCUT2D eigenvalue weighted by Gasteiger charge is 2.27. The molecule has 2 aromatic rings. The predicted octanol–water partition coefficient (Wildman–Crippen LogP) is 2.61. The van der Waals surface area contributed by atoms with Crippen LogP contribution in [0.3, 0.4) is 0 Å². The van der Waals surface area contributed by atoms with Crippen molar-refractivity contribution in [3.05, 3.63) is 46.4 Å². The number of nitriles is 1. The molecule has 0 saturated heterocycles. The van der Waals surface area contributed by atoms with Crippen molar-refractivity contribution in [1.82, 2.24) is 9.29 Å². The van der Waals surface area contributed by atoms with Crippen molar-refractivity contribution in [3.8, 4) is 6.07 Å². The zero-order chi connectivity index (χ0) is 15.5. The van der Waals surface area contributed by atoms with E-state index in [0.29, 0.717) is 6.54 Å². The largest absolute Gasteiger partial charge is 0.245 e. The summed E-state index contributed by atoms with van der Waals surface area (Å²) in [6.07, 6.45) is 1.23. The Morgan fingerprint density at radius 3 is 2.62 bits per heavy atom. The maximum Gasteiger partial charge on any atom is 0.245 e. The van der Waals surface area contributed by atoms with Crippen LogP contribution in [0, 0.1) is 11.3 Å². The van der Waals surface area contributed by atoms with Gasteiger partial charge in [0.2, 0.25) is 10.0 Å². The number of nitrogens with zero attached hydrogens (tertiary/aromatic N) is 3. The van der Waals surface area contributed by atoms with Crippen LogP contribution in [0.1, 0.15) is 24.4 Å². The van der Waals surface area contributed by atoms with Crippen molar-refractivity contribution in [3.63, 3.8) is 0 Å². The monoisotopic (exact) mass is 321 g/mol. The van der Waals surface area contributed by atoms with E-state index in [4.69, 9.17) is 5.26 Å². The van der Waals surface area contributed by atoms with E-state index in [0.717, 1.165) is 4.88 Å². The lowest BCUT2D eigenvalue weighted by Gasteiger charge is -2.25. The van der Waals surface area contributed by atoms with Crippen LogP contribution in [0.2, 0.25) is 0 Å². The Bertz CT molecular complexity index is 730. The first-order valence-electron chi connectivity index (χ1n) is 6.35. The van der Waals surface area contributed by atoms with Crippen molar-refractivity contribution in [1.29, 1.82) is 5.26 Å². The number of rotatable bonds is 5. The number of aromatic nitrogens is 1. The van der Waals surface area contributed by atoms with Crippen LogP contribution in [0.5, 0.6) is 0 Å². The van der Waals surface area contributed by atoms with E-state index in [9.17, 15) is 8.42 Å². The molecule has 0 atom stereocenters. The topological polar surface area (TPSA) is 74.1 Å². The molecule has 2 heterocycles. The summed E-state index contributed by atoms with van der Waals surface area (Å²) in [5.74, 6) is 0. The molecule has 0 bridgehead atoms. The first kappa shape index (κ1) is 15.6. The van der Waals surface area contributed by atoms with Gasteiger partial charge < -0.3 is 0 Å². The third-order valence-corrected chi connectivity index (χ3v) is 5.79. The molecule has 2 rings (SSSR count). The average molecular weight is 321 g/mol. The minimum absolute atomic E-state index is 0.103. The average Bonchev–Trinajstić information content (AvgIpc) is 2.97. The molecule has 0 unspecified atom stereocenters. The fraction of sp³-hybridized carbons (Fsp3) is 0.286. The molecular weight excluding hydrogens is 306 g/mol. The van der Waals surface area contributed by atoms with Crippen LogP contribution in [-0.2, 0) is 16.6 Å². The van der Waals surface area contributed by atoms with Crippen LogP contribution >= 0.6 is 11.3 Å².